The Morgan fingerprint density at radius 2 is 2.18 bits per heavy atom. The van der Waals surface area contributed by atoms with Crippen molar-refractivity contribution >= 4 is 5.91 Å². The first-order chi connectivity index (χ1) is 8.33. The Kier molecular flexibility index (Phi) is 2.83. The van der Waals surface area contributed by atoms with Crippen LogP contribution >= 0.6 is 0 Å². The Morgan fingerprint density at radius 3 is 2.88 bits per heavy atom. The molecule has 3 heteroatoms. The smallest absolute Gasteiger partial charge is 0.223 e. The van der Waals surface area contributed by atoms with E-state index in [1.807, 2.05) is 18.3 Å². The van der Waals surface area contributed by atoms with Crippen molar-refractivity contribution in [2.45, 2.75) is 25.7 Å². The summed E-state index contributed by atoms with van der Waals surface area (Å²) < 4.78 is 0. The number of hydrogen-bond acceptors (Lipinski definition) is 2. The van der Waals surface area contributed by atoms with Gasteiger partial charge in [-0.3, -0.25) is 9.78 Å². The number of carbonyl (C=O) groups excluding carboxylic acids is 1. The van der Waals surface area contributed by atoms with Crippen LogP contribution in [-0.4, -0.2) is 17.4 Å². The Hall–Kier alpha value is -1.38. The molecule has 2 saturated carbocycles. The summed E-state index contributed by atoms with van der Waals surface area (Å²) in [6, 6.07) is 3.98. The molecule has 0 saturated heterocycles. The van der Waals surface area contributed by atoms with Crippen LogP contribution in [0, 0.1) is 17.8 Å². The number of nitrogens with zero attached hydrogens (tertiary/aromatic N) is 1. The molecular weight excluding hydrogens is 212 g/mol. The van der Waals surface area contributed by atoms with Gasteiger partial charge < -0.3 is 5.32 Å². The highest BCUT2D eigenvalue weighted by molar-refractivity contribution is 5.79. The normalized spacial score (nSPS) is 29.8. The van der Waals surface area contributed by atoms with Crippen LogP contribution < -0.4 is 5.32 Å². The van der Waals surface area contributed by atoms with E-state index >= 15 is 0 Å². The Morgan fingerprint density at radius 1 is 1.35 bits per heavy atom. The zero-order valence-electron chi connectivity index (χ0n) is 9.93. The fraction of sp³-hybridized carbons (Fsp3) is 0.571. The maximum Gasteiger partial charge on any atom is 0.223 e. The van der Waals surface area contributed by atoms with Gasteiger partial charge in [0.1, 0.15) is 0 Å². The third kappa shape index (κ3) is 2.48. The standard InChI is InChI=1S/C14H18N2O/c17-14(13-7-11-6-12(11)8-13)16-5-3-10-2-1-4-15-9-10/h1-2,4,9,11-13H,3,5-8H2,(H,16,17). The van der Waals surface area contributed by atoms with E-state index in [1.54, 1.807) is 6.20 Å². The number of fused-ring (bicyclic) bond motifs is 1. The van der Waals surface area contributed by atoms with Crippen LogP contribution in [-0.2, 0) is 11.2 Å². The molecule has 0 aliphatic heterocycles. The van der Waals surface area contributed by atoms with Crippen LogP contribution in [0.25, 0.3) is 0 Å². The molecule has 90 valence electrons. The molecule has 2 unspecified atom stereocenters. The number of aromatic nitrogens is 1. The number of pyridine rings is 1. The molecule has 2 fully saturated rings. The molecule has 1 amide bonds. The zero-order chi connectivity index (χ0) is 11.7. The fourth-order valence-electron chi connectivity index (χ4n) is 2.95. The van der Waals surface area contributed by atoms with Crippen molar-refractivity contribution in [1.29, 1.82) is 0 Å². The van der Waals surface area contributed by atoms with E-state index in [0.29, 0.717) is 5.92 Å². The minimum absolute atomic E-state index is 0.265. The third-order valence-corrected chi connectivity index (χ3v) is 4.05. The number of rotatable bonds is 4. The molecule has 0 bridgehead atoms. The molecule has 3 rings (SSSR count). The van der Waals surface area contributed by atoms with Crippen molar-refractivity contribution in [2.24, 2.45) is 17.8 Å². The summed E-state index contributed by atoms with van der Waals surface area (Å²) in [7, 11) is 0. The number of hydrogen-bond donors (Lipinski definition) is 1. The number of nitrogens with one attached hydrogen (secondary N) is 1. The minimum Gasteiger partial charge on any atom is -0.356 e. The van der Waals surface area contributed by atoms with Crippen LogP contribution in [0.3, 0.4) is 0 Å². The van der Waals surface area contributed by atoms with Crippen LogP contribution in [0.15, 0.2) is 24.5 Å². The highest BCUT2D eigenvalue weighted by Gasteiger charge is 2.47. The Labute approximate surface area is 102 Å². The first kappa shape index (κ1) is 10.8. The summed E-state index contributed by atoms with van der Waals surface area (Å²) in [6.07, 6.45) is 8.13. The van der Waals surface area contributed by atoms with Gasteiger partial charge in [0.2, 0.25) is 5.91 Å². The molecule has 0 spiro atoms. The van der Waals surface area contributed by atoms with Crippen molar-refractivity contribution in [2.75, 3.05) is 6.54 Å². The van der Waals surface area contributed by atoms with Crippen molar-refractivity contribution in [3.63, 3.8) is 0 Å². The topological polar surface area (TPSA) is 42.0 Å². The van der Waals surface area contributed by atoms with E-state index in [2.05, 4.69) is 10.3 Å². The molecule has 1 N–H and O–H groups in total. The van der Waals surface area contributed by atoms with Crippen molar-refractivity contribution < 1.29 is 4.79 Å². The molecule has 1 heterocycles. The molecule has 1 aromatic heterocycles. The lowest BCUT2D eigenvalue weighted by Crippen LogP contribution is -2.31. The molecule has 1 aromatic rings. The van der Waals surface area contributed by atoms with Gasteiger partial charge >= 0.3 is 0 Å². The molecule has 0 aromatic carbocycles. The van der Waals surface area contributed by atoms with Crippen LogP contribution in [0.2, 0.25) is 0 Å². The predicted molar refractivity (Wildman–Crippen MR) is 65.3 cm³/mol. The summed E-state index contributed by atoms with van der Waals surface area (Å²) >= 11 is 0. The van der Waals surface area contributed by atoms with Gasteiger partial charge in [-0.15, -0.1) is 0 Å². The first-order valence-electron chi connectivity index (χ1n) is 6.49. The summed E-state index contributed by atoms with van der Waals surface area (Å²) in [5, 5.41) is 3.05. The fourth-order valence-corrected chi connectivity index (χ4v) is 2.95. The van der Waals surface area contributed by atoms with Gasteiger partial charge in [0.15, 0.2) is 0 Å². The molecular formula is C14H18N2O. The summed E-state index contributed by atoms with van der Waals surface area (Å²) in [5.74, 6) is 2.32. The van der Waals surface area contributed by atoms with E-state index in [9.17, 15) is 4.79 Å². The van der Waals surface area contributed by atoms with Crippen LogP contribution in [0.5, 0.6) is 0 Å². The van der Waals surface area contributed by atoms with Gasteiger partial charge in [-0.1, -0.05) is 6.07 Å². The molecule has 2 atom stereocenters. The zero-order valence-corrected chi connectivity index (χ0v) is 9.93. The molecule has 2 aliphatic rings. The van der Waals surface area contributed by atoms with E-state index < -0.39 is 0 Å². The van der Waals surface area contributed by atoms with Gasteiger partial charge in [-0.05, 0) is 49.1 Å². The lowest BCUT2D eigenvalue weighted by molar-refractivity contribution is -0.125. The second kappa shape index (κ2) is 4.47. The minimum atomic E-state index is 0.265. The average Bonchev–Trinajstić information content (AvgIpc) is 2.97. The second-order valence-corrected chi connectivity index (χ2v) is 5.33. The predicted octanol–water partition coefficient (Wildman–Crippen LogP) is 1.79. The highest BCUT2D eigenvalue weighted by atomic mass is 16.1. The van der Waals surface area contributed by atoms with Crippen molar-refractivity contribution in [1.82, 2.24) is 10.3 Å². The van der Waals surface area contributed by atoms with Crippen molar-refractivity contribution in [3.8, 4) is 0 Å². The third-order valence-electron chi connectivity index (χ3n) is 4.05. The van der Waals surface area contributed by atoms with Crippen LogP contribution in [0.4, 0.5) is 0 Å². The number of carbonyl (C=O) groups is 1. The van der Waals surface area contributed by atoms with Gasteiger partial charge in [0, 0.05) is 24.9 Å². The molecule has 17 heavy (non-hydrogen) atoms. The van der Waals surface area contributed by atoms with E-state index in [0.717, 1.165) is 37.6 Å². The van der Waals surface area contributed by atoms with Crippen molar-refractivity contribution in [3.05, 3.63) is 30.1 Å². The molecule has 0 radical (unpaired) electrons. The lowest BCUT2D eigenvalue weighted by atomic mass is 10.0. The molecule has 2 aliphatic carbocycles. The average molecular weight is 230 g/mol. The van der Waals surface area contributed by atoms with Gasteiger partial charge in [-0.25, -0.2) is 0 Å². The highest BCUT2D eigenvalue weighted by Crippen LogP contribution is 2.54. The summed E-state index contributed by atoms with van der Waals surface area (Å²) in [6.45, 7) is 0.732. The maximum absolute atomic E-state index is 11.9. The Balaban J connectivity index is 1.41. The van der Waals surface area contributed by atoms with Crippen LogP contribution in [0.1, 0.15) is 24.8 Å². The van der Waals surface area contributed by atoms with E-state index in [4.69, 9.17) is 0 Å². The first-order valence-corrected chi connectivity index (χ1v) is 6.49. The van der Waals surface area contributed by atoms with Gasteiger partial charge in [0.05, 0.1) is 0 Å². The lowest BCUT2D eigenvalue weighted by Gasteiger charge is -2.12. The van der Waals surface area contributed by atoms with E-state index in [1.165, 1.54) is 12.0 Å². The summed E-state index contributed by atoms with van der Waals surface area (Å²) in [5.41, 5.74) is 1.18. The summed E-state index contributed by atoms with van der Waals surface area (Å²) in [4.78, 5) is 15.9. The monoisotopic (exact) mass is 230 g/mol. The quantitative estimate of drug-likeness (QED) is 0.856. The maximum atomic E-state index is 11.9. The second-order valence-electron chi connectivity index (χ2n) is 5.33. The van der Waals surface area contributed by atoms with E-state index in [-0.39, 0.29) is 5.91 Å². The van der Waals surface area contributed by atoms with Gasteiger partial charge in [-0.2, -0.15) is 0 Å². The molecule has 3 nitrogen and oxygen atoms in total. The number of amides is 1. The van der Waals surface area contributed by atoms with Gasteiger partial charge in [0.25, 0.3) is 0 Å². The largest absolute Gasteiger partial charge is 0.356 e. The SMILES string of the molecule is O=C(NCCc1cccnc1)C1CC2CC2C1. The Bertz CT molecular complexity index is 394.